The summed E-state index contributed by atoms with van der Waals surface area (Å²) < 4.78 is 21.2. The SMILES string of the molecule is CCOCCOC(CCCSC1=NCCN1)(C(=O)OCC)C(=O)OCC. The highest BCUT2D eigenvalue weighted by molar-refractivity contribution is 8.13. The van der Waals surface area contributed by atoms with E-state index in [0.29, 0.717) is 18.8 Å². The quantitative estimate of drug-likeness (QED) is 0.286. The Kier molecular flexibility index (Phi) is 11.3. The lowest BCUT2D eigenvalue weighted by atomic mass is 9.97. The summed E-state index contributed by atoms with van der Waals surface area (Å²) in [6, 6.07) is 0. The van der Waals surface area contributed by atoms with Crippen molar-refractivity contribution < 1.29 is 28.5 Å². The van der Waals surface area contributed by atoms with Crippen LogP contribution in [0, 0.1) is 0 Å². The molecular weight excluding hydrogens is 360 g/mol. The van der Waals surface area contributed by atoms with Crippen molar-refractivity contribution >= 4 is 28.9 Å². The van der Waals surface area contributed by atoms with Gasteiger partial charge in [0.1, 0.15) is 0 Å². The van der Waals surface area contributed by atoms with Crippen molar-refractivity contribution in [2.45, 2.75) is 39.2 Å². The van der Waals surface area contributed by atoms with Gasteiger partial charge in [0.15, 0.2) is 5.17 Å². The maximum absolute atomic E-state index is 12.6. The van der Waals surface area contributed by atoms with Crippen LogP contribution in [0.3, 0.4) is 0 Å². The summed E-state index contributed by atoms with van der Waals surface area (Å²) in [5, 5.41) is 4.06. The molecule has 0 fully saturated rings. The number of ether oxygens (including phenoxy) is 4. The fraction of sp³-hybridized carbons (Fsp3) is 0.824. The molecule has 1 N–H and O–H groups in total. The van der Waals surface area contributed by atoms with Gasteiger partial charge in [-0.3, -0.25) is 4.99 Å². The van der Waals surface area contributed by atoms with E-state index in [1.807, 2.05) is 6.92 Å². The minimum absolute atomic E-state index is 0.104. The molecule has 0 saturated carbocycles. The summed E-state index contributed by atoms with van der Waals surface area (Å²) in [5.74, 6) is -0.728. The third-order valence-electron chi connectivity index (χ3n) is 3.55. The highest BCUT2D eigenvalue weighted by Gasteiger charge is 2.50. The van der Waals surface area contributed by atoms with E-state index in [9.17, 15) is 9.59 Å². The maximum atomic E-state index is 12.6. The minimum atomic E-state index is -1.76. The molecular formula is C17H30N2O6S. The van der Waals surface area contributed by atoms with Gasteiger partial charge in [0.25, 0.3) is 5.60 Å². The van der Waals surface area contributed by atoms with Crippen LogP contribution in [0.25, 0.3) is 0 Å². The molecule has 26 heavy (non-hydrogen) atoms. The van der Waals surface area contributed by atoms with Crippen LogP contribution >= 0.6 is 11.8 Å². The van der Waals surface area contributed by atoms with Crippen LogP contribution in [0.5, 0.6) is 0 Å². The number of rotatable bonds is 13. The average Bonchev–Trinajstić information content (AvgIpc) is 3.14. The van der Waals surface area contributed by atoms with Gasteiger partial charge in [0, 0.05) is 18.9 Å². The van der Waals surface area contributed by atoms with Gasteiger partial charge < -0.3 is 24.3 Å². The molecule has 0 aromatic carbocycles. The summed E-state index contributed by atoms with van der Waals surface area (Å²) in [4.78, 5) is 29.4. The second kappa shape index (κ2) is 12.9. The van der Waals surface area contributed by atoms with Gasteiger partial charge in [0.2, 0.25) is 0 Å². The fourth-order valence-corrected chi connectivity index (χ4v) is 3.22. The molecule has 1 aliphatic heterocycles. The van der Waals surface area contributed by atoms with Crippen molar-refractivity contribution in [2.24, 2.45) is 4.99 Å². The Bertz CT molecular complexity index is 454. The molecule has 0 atom stereocenters. The largest absolute Gasteiger partial charge is 0.463 e. The second-order valence-electron chi connectivity index (χ2n) is 5.38. The highest BCUT2D eigenvalue weighted by atomic mass is 32.2. The van der Waals surface area contributed by atoms with Gasteiger partial charge in [-0.05, 0) is 33.6 Å². The van der Waals surface area contributed by atoms with E-state index in [2.05, 4.69) is 10.3 Å². The normalized spacial score (nSPS) is 13.9. The predicted octanol–water partition coefficient (Wildman–Crippen LogP) is 1.38. The van der Waals surface area contributed by atoms with Crippen molar-refractivity contribution in [2.75, 3.05) is 51.9 Å². The van der Waals surface area contributed by atoms with Crippen molar-refractivity contribution in [1.29, 1.82) is 0 Å². The molecule has 1 aliphatic rings. The Balaban J connectivity index is 2.75. The first-order valence-corrected chi connectivity index (χ1v) is 10.1. The molecule has 0 aliphatic carbocycles. The summed E-state index contributed by atoms with van der Waals surface area (Å²) in [6.45, 7) is 8.09. The number of nitrogens with one attached hydrogen (secondary N) is 1. The van der Waals surface area contributed by atoms with Crippen molar-refractivity contribution in [3.05, 3.63) is 0 Å². The number of amidine groups is 1. The number of thioether (sulfide) groups is 1. The number of hydrogen-bond donors (Lipinski definition) is 1. The van der Waals surface area contributed by atoms with E-state index in [1.165, 1.54) is 0 Å². The number of hydrogen-bond acceptors (Lipinski definition) is 9. The third-order valence-corrected chi connectivity index (χ3v) is 4.59. The number of nitrogens with zero attached hydrogens (tertiary/aromatic N) is 1. The van der Waals surface area contributed by atoms with Gasteiger partial charge in [-0.1, -0.05) is 11.8 Å². The zero-order chi connectivity index (χ0) is 19.3. The minimum Gasteiger partial charge on any atom is -0.463 e. The van der Waals surface area contributed by atoms with Crippen LogP contribution in [0.1, 0.15) is 33.6 Å². The maximum Gasteiger partial charge on any atom is 0.350 e. The van der Waals surface area contributed by atoms with Crippen LogP contribution in [0.2, 0.25) is 0 Å². The van der Waals surface area contributed by atoms with Gasteiger partial charge in [-0.2, -0.15) is 0 Å². The molecule has 1 heterocycles. The Labute approximate surface area is 159 Å². The number of carbonyl (C=O) groups is 2. The highest BCUT2D eigenvalue weighted by Crippen LogP contribution is 2.25. The summed E-state index contributed by atoms with van der Waals surface area (Å²) >= 11 is 1.56. The van der Waals surface area contributed by atoms with E-state index in [1.54, 1.807) is 25.6 Å². The van der Waals surface area contributed by atoms with E-state index < -0.39 is 17.5 Å². The monoisotopic (exact) mass is 390 g/mol. The van der Waals surface area contributed by atoms with E-state index in [-0.39, 0.29) is 32.8 Å². The van der Waals surface area contributed by atoms with Crippen LogP contribution in [-0.2, 0) is 28.5 Å². The van der Waals surface area contributed by atoms with Crippen molar-refractivity contribution in [3.63, 3.8) is 0 Å². The Morgan fingerprint density at radius 3 is 2.35 bits per heavy atom. The first-order valence-electron chi connectivity index (χ1n) is 9.08. The third kappa shape index (κ3) is 7.13. The van der Waals surface area contributed by atoms with Crippen molar-refractivity contribution in [1.82, 2.24) is 5.32 Å². The molecule has 0 aromatic heterocycles. The van der Waals surface area contributed by atoms with Gasteiger partial charge in [-0.25, -0.2) is 9.59 Å². The number of aliphatic imine (C=N–C) groups is 1. The average molecular weight is 391 g/mol. The molecule has 0 amide bonds. The molecule has 9 heteroatoms. The van der Waals surface area contributed by atoms with Crippen LogP contribution in [-0.4, -0.2) is 74.6 Å². The lowest BCUT2D eigenvalue weighted by molar-refractivity contribution is -0.193. The molecule has 0 aromatic rings. The molecule has 8 nitrogen and oxygen atoms in total. The molecule has 1 rings (SSSR count). The standard InChI is InChI=1S/C17H30N2O6S/c1-4-22-11-12-25-17(14(20)23-5-2,15(21)24-6-3)8-7-13-26-16-18-9-10-19-16/h4-13H2,1-3H3,(H,18,19). The van der Waals surface area contributed by atoms with Crippen molar-refractivity contribution in [3.8, 4) is 0 Å². The Morgan fingerprint density at radius 2 is 1.81 bits per heavy atom. The lowest BCUT2D eigenvalue weighted by Gasteiger charge is -2.29. The van der Waals surface area contributed by atoms with Crippen LogP contribution < -0.4 is 5.32 Å². The number of carbonyl (C=O) groups excluding carboxylic acids is 2. The lowest BCUT2D eigenvalue weighted by Crippen LogP contribution is -2.52. The van der Waals surface area contributed by atoms with Crippen LogP contribution in [0.15, 0.2) is 4.99 Å². The first-order chi connectivity index (χ1) is 12.6. The fourth-order valence-electron chi connectivity index (χ4n) is 2.35. The van der Waals surface area contributed by atoms with Crippen LogP contribution in [0.4, 0.5) is 0 Å². The predicted molar refractivity (Wildman–Crippen MR) is 100 cm³/mol. The molecule has 0 spiro atoms. The van der Waals surface area contributed by atoms with Gasteiger partial charge in [-0.15, -0.1) is 0 Å². The zero-order valence-corrected chi connectivity index (χ0v) is 16.7. The summed E-state index contributed by atoms with van der Waals surface area (Å²) in [6.07, 6.45) is 0.745. The van der Waals surface area contributed by atoms with E-state index in [4.69, 9.17) is 18.9 Å². The molecule has 150 valence electrons. The second-order valence-corrected chi connectivity index (χ2v) is 6.46. The van der Waals surface area contributed by atoms with Gasteiger partial charge >= 0.3 is 11.9 Å². The molecule has 0 unspecified atom stereocenters. The summed E-state index contributed by atoms with van der Waals surface area (Å²) in [5.41, 5.74) is -1.76. The van der Waals surface area contributed by atoms with E-state index in [0.717, 1.165) is 18.3 Å². The number of esters is 2. The molecule has 0 radical (unpaired) electrons. The molecule has 0 saturated heterocycles. The zero-order valence-electron chi connectivity index (χ0n) is 15.9. The smallest absolute Gasteiger partial charge is 0.350 e. The van der Waals surface area contributed by atoms with Gasteiger partial charge in [0.05, 0.1) is 33.0 Å². The van der Waals surface area contributed by atoms with E-state index >= 15 is 0 Å². The summed E-state index contributed by atoms with van der Waals surface area (Å²) in [7, 11) is 0. The topological polar surface area (TPSA) is 95.5 Å². The Hall–Kier alpha value is -1.32. The first kappa shape index (κ1) is 22.7. The Morgan fingerprint density at radius 1 is 1.12 bits per heavy atom. The molecule has 0 bridgehead atoms.